The van der Waals surface area contributed by atoms with E-state index in [0.717, 1.165) is 12.8 Å². The van der Waals surface area contributed by atoms with Crippen molar-refractivity contribution in [3.8, 4) is 0 Å². The summed E-state index contributed by atoms with van der Waals surface area (Å²) in [5, 5.41) is 14.6. The van der Waals surface area contributed by atoms with E-state index in [2.05, 4.69) is 24.3 Å². The molecule has 0 bridgehead atoms. The number of hydrogen-bond donors (Lipinski definition) is 3. The van der Waals surface area contributed by atoms with Crippen LogP contribution in [0.2, 0.25) is 0 Å². The predicted octanol–water partition coefficient (Wildman–Crippen LogP) is 1.85. The van der Waals surface area contributed by atoms with Crippen LogP contribution in [0.5, 0.6) is 0 Å². The number of hydrogen-bond acceptors (Lipinski definition) is 3. The number of amidine groups is 1. The summed E-state index contributed by atoms with van der Waals surface area (Å²) in [5.41, 5.74) is 4.85. The zero-order valence-corrected chi connectivity index (χ0v) is 11.4. The van der Waals surface area contributed by atoms with Gasteiger partial charge in [0, 0.05) is 6.54 Å². The van der Waals surface area contributed by atoms with Crippen LogP contribution in [0, 0.1) is 11.3 Å². The minimum absolute atomic E-state index is 0.0432. The zero-order chi connectivity index (χ0) is 13.6. The van der Waals surface area contributed by atoms with Crippen LogP contribution >= 0.6 is 0 Å². The molecule has 1 aliphatic rings. The molecule has 1 saturated carbocycles. The molecular weight excluding hydrogens is 230 g/mol. The van der Waals surface area contributed by atoms with Gasteiger partial charge >= 0.3 is 0 Å². The maximum absolute atomic E-state index is 12.0. The quantitative estimate of drug-likeness (QED) is 0.268. The summed E-state index contributed by atoms with van der Waals surface area (Å²) in [7, 11) is 0. The lowest BCUT2D eigenvalue weighted by molar-refractivity contribution is -0.124. The van der Waals surface area contributed by atoms with Crippen LogP contribution in [0.4, 0.5) is 0 Å². The second-order valence-corrected chi connectivity index (χ2v) is 5.19. The van der Waals surface area contributed by atoms with E-state index < -0.39 is 5.41 Å². The second kappa shape index (κ2) is 6.61. The molecule has 0 aromatic rings. The van der Waals surface area contributed by atoms with Crippen LogP contribution in [0.15, 0.2) is 5.16 Å². The maximum Gasteiger partial charge on any atom is 0.233 e. The van der Waals surface area contributed by atoms with Crippen molar-refractivity contribution in [2.24, 2.45) is 22.2 Å². The van der Waals surface area contributed by atoms with Crippen molar-refractivity contribution in [1.29, 1.82) is 0 Å². The van der Waals surface area contributed by atoms with E-state index in [-0.39, 0.29) is 11.7 Å². The highest BCUT2D eigenvalue weighted by molar-refractivity contribution is 6.09. The predicted molar refractivity (Wildman–Crippen MR) is 71.4 cm³/mol. The summed E-state index contributed by atoms with van der Waals surface area (Å²) >= 11 is 0. The summed E-state index contributed by atoms with van der Waals surface area (Å²) in [5.74, 6) is 0.478. The molecule has 0 aromatic carbocycles. The first-order valence-electron chi connectivity index (χ1n) is 6.87. The van der Waals surface area contributed by atoms with Crippen molar-refractivity contribution in [3.05, 3.63) is 0 Å². The Morgan fingerprint density at radius 3 is 2.61 bits per heavy atom. The van der Waals surface area contributed by atoms with Gasteiger partial charge < -0.3 is 16.3 Å². The molecular formula is C13H25N3O2. The molecule has 0 aliphatic heterocycles. The monoisotopic (exact) mass is 255 g/mol. The average molecular weight is 255 g/mol. The fourth-order valence-corrected chi connectivity index (χ4v) is 2.17. The molecule has 1 rings (SSSR count). The standard InChI is InChI=1S/C13H25N3O2/c1-3-5-6-10(4-2)9-15-12(17)13(7-8-13)11(14)16-18/h10,18H,3-9H2,1-2H3,(H2,14,16)(H,15,17). The lowest BCUT2D eigenvalue weighted by Gasteiger charge is -2.18. The van der Waals surface area contributed by atoms with E-state index in [1.165, 1.54) is 12.8 Å². The van der Waals surface area contributed by atoms with Crippen molar-refractivity contribution >= 4 is 11.7 Å². The Bertz CT molecular complexity index is 311. The van der Waals surface area contributed by atoms with Gasteiger partial charge in [0.05, 0.1) is 0 Å². The third-order valence-corrected chi connectivity index (χ3v) is 3.88. The first-order valence-corrected chi connectivity index (χ1v) is 6.87. The topological polar surface area (TPSA) is 87.7 Å². The first-order chi connectivity index (χ1) is 8.60. The fraction of sp³-hybridized carbons (Fsp3) is 0.846. The highest BCUT2D eigenvalue weighted by atomic mass is 16.4. The second-order valence-electron chi connectivity index (χ2n) is 5.19. The van der Waals surface area contributed by atoms with Gasteiger partial charge in [0.2, 0.25) is 5.91 Å². The molecule has 104 valence electrons. The number of nitrogens with zero attached hydrogens (tertiary/aromatic N) is 1. The van der Waals surface area contributed by atoms with E-state index in [0.29, 0.717) is 25.3 Å². The Kier molecular flexibility index (Phi) is 5.44. The molecule has 1 fully saturated rings. The summed E-state index contributed by atoms with van der Waals surface area (Å²) < 4.78 is 0. The van der Waals surface area contributed by atoms with E-state index in [1.807, 2.05) is 0 Å². The van der Waals surface area contributed by atoms with Gasteiger partial charge in [0.15, 0.2) is 5.84 Å². The van der Waals surface area contributed by atoms with Crippen LogP contribution in [0.1, 0.15) is 52.4 Å². The number of oxime groups is 1. The molecule has 0 saturated heterocycles. The molecule has 1 unspecified atom stereocenters. The minimum Gasteiger partial charge on any atom is -0.409 e. The molecule has 0 spiro atoms. The van der Waals surface area contributed by atoms with Crippen molar-refractivity contribution in [2.75, 3.05) is 6.54 Å². The summed E-state index contributed by atoms with van der Waals surface area (Å²) in [6, 6.07) is 0. The third kappa shape index (κ3) is 3.37. The van der Waals surface area contributed by atoms with Crippen LogP contribution in [-0.2, 0) is 4.79 Å². The highest BCUT2D eigenvalue weighted by Gasteiger charge is 2.54. The van der Waals surface area contributed by atoms with Crippen LogP contribution in [0.3, 0.4) is 0 Å². The largest absolute Gasteiger partial charge is 0.409 e. The van der Waals surface area contributed by atoms with Gasteiger partial charge in [-0.05, 0) is 25.2 Å². The minimum atomic E-state index is -0.724. The molecule has 0 radical (unpaired) electrons. The molecule has 4 N–H and O–H groups in total. The smallest absolute Gasteiger partial charge is 0.233 e. The summed E-state index contributed by atoms with van der Waals surface area (Å²) in [4.78, 5) is 12.0. The van der Waals surface area contributed by atoms with E-state index in [1.54, 1.807) is 0 Å². The van der Waals surface area contributed by atoms with Crippen molar-refractivity contribution in [1.82, 2.24) is 5.32 Å². The average Bonchev–Trinajstić information content (AvgIpc) is 3.19. The van der Waals surface area contributed by atoms with Gasteiger partial charge in [0.25, 0.3) is 0 Å². The Balaban J connectivity index is 2.41. The number of rotatable bonds is 8. The van der Waals surface area contributed by atoms with Crippen molar-refractivity contribution < 1.29 is 10.0 Å². The lowest BCUT2D eigenvalue weighted by Crippen LogP contribution is -2.42. The molecule has 5 heteroatoms. The van der Waals surface area contributed by atoms with Gasteiger partial charge in [-0.2, -0.15) is 0 Å². The molecule has 18 heavy (non-hydrogen) atoms. The van der Waals surface area contributed by atoms with Crippen LogP contribution in [-0.4, -0.2) is 23.5 Å². The summed E-state index contributed by atoms with van der Waals surface area (Å²) in [6.07, 6.45) is 5.94. The number of amides is 1. The number of carbonyl (C=O) groups is 1. The van der Waals surface area contributed by atoms with Crippen molar-refractivity contribution in [2.45, 2.75) is 52.4 Å². The van der Waals surface area contributed by atoms with Gasteiger partial charge in [-0.15, -0.1) is 0 Å². The Hall–Kier alpha value is -1.26. The fourth-order valence-electron chi connectivity index (χ4n) is 2.17. The lowest BCUT2D eigenvalue weighted by atomic mass is 9.98. The van der Waals surface area contributed by atoms with Gasteiger partial charge in [-0.1, -0.05) is 38.3 Å². The Morgan fingerprint density at radius 2 is 2.17 bits per heavy atom. The molecule has 1 atom stereocenters. The number of unbranched alkanes of at least 4 members (excludes halogenated alkanes) is 1. The molecule has 0 heterocycles. The normalized spacial score (nSPS) is 19.3. The van der Waals surface area contributed by atoms with Gasteiger partial charge in [0.1, 0.15) is 5.41 Å². The van der Waals surface area contributed by atoms with E-state index >= 15 is 0 Å². The summed E-state index contributed by atoms with van der Waals surface area (Å²) in [6.45, 7) is 5.00. The Morgan fingerprint density at radius 1 is 1.50 bits per heavy atom. The number of nitrogens with one attached hydrogen (secondary N) is 1. The third-order valence-electron chi connectivity index (χ3n) is 3.88. The zero-order valence-electron chi connectivity index (χ0n) is 11.4. The van der Waals surface area contributed by atoms with Crippen molar-refractivity contribution in [3.63, 3.8) is 0 Å². The molecule has 1 amide bonds. The van der Waals surface area contributed by atoms with Gasteiger partial charge in [-0.3, -0.25) is 4.79 Å². The molecule has 1 aliphatic carbocycles. The van der Waals surface area contributed by atoms with Crippen LogP contribution in [0.25, 0.3) is 0 Å². The maximum atomic E-state index is 12.0. The van der Waals surface area contributed by atoms with Gasteiger partial charge in [-0.25, -0.2) is 0 Å². The number of carbonyl (C=O) groups excluding carboxylic acids is 1. The van der Waals surface area contributed by atoms with E-state index in [9.17, 15) is 4.79 Å². The highest BCUT2D eigenvalue weighted by Crippen LogP contribution is 2.46. The number of nitrogens with two attached hydrogens (primary N) is 1. The molecule has 5 nitrogen and oxygen atoms in total. The Labute approximate surface area is 109 Å². The van der Waals surface area contributed by atoms with E-state index in [4.69, 9.17) is 10.9 Å². The SMILES string of the molecule is CCCCC(CC)CNC(=O)C1(C(N)=NO)CC1. The molecule has 0 aromatic heterocycles. The first kappa shape index (κ1) is 14.8. The van der Waals surface area contributed by atoms with Crippen LogP contribution < -0.4 is 11.1 Å².